The summed E-state index contributed by atoms with van der Waals surface area (Å²) in [4.78, 5) is 29.3. The Balaban J connectivity index is 2.11. The number of methoxy groups -OCH3 is 1. The van der Waals surface area contributed by atoms with Gasteiger partial charge in [-0.15, -0.1) is 0 Å². The van der Waals surface area contributed by atoms with E-state index in [0.717, 1.165) is 24.1 Å². The highest BCUT2D eigenvalue weighted by atomic mass is 16.5. The summed E-state index contributed by atoms with van der Waals surface area (Å²) in [5.74, 6) is -0.747. The Bertz CT molecular complexity index is 946. The summed E-state index contributed by atoms with van der Waals surface area (Å²) in [5, 5.41) is 11.0. The Morgan fingerprint density at radius 1 is 1.07 bits per heavy atom. The third-order valence-electron chi connectivity index (χ3n) is 5.38. The number of carbonyl (C=O) groups is 2. The van der Waals surface area contributed by atoms with Gasteiger partial charge in [-0.25, -0.2) is 0 Å². The monoisotopic (exact) mass is 408 g/mol. The van der Waals surface area contributed by atoms with Gasteiger partial charge in [-0.2, -0.15) is 0 Å². The Labute approximate surface area is 177 Å². The van der Waals surface area contributed by atoms with Crippen molar-refractivity contribution < 1.29 is 19.4 Å². The van der Waals surface area contributed by atoms with Crippen LogP contribution in [-0.4, -0.2) is 49.4 Å². The fraction of sp³-hybridized carbons (Fsp3) is 0.333. The zero-order valence-electron chi connectivity index (χ0n) is 17.9. The third kappa shape index (κ3) is 4.03. The van der Waals surface area contributed by atoms with E-state index in [-0.39, 0.29) is 11.3 Å². The molecule has 1 amide bonds. The average molecular weight is 408 g/mol. The van der Waals surface area contributed by atoms with Crippen LogP contribution >= 0.6 is 0 Å². The molecule has 0 bridgehead atoms. The lowest BCUT2D eigenvalue weighted by atomic mass is 9.95. The Morgan fingerprint density at radius 3 is 2.23 bits per heavy atom. The molecule has 1 heterocycles. The molecular formula is C24H28N2O4. The van der Waals surface area contributed by atoms with Gasteiger partial charge < -0.3 is 19.6 Å². The predicted octanol–water partition coefficient (Wildman–Crippen LogP) is 3.98. The van der Waals surface area contributed by atoms with Crippen LogP contribution in [0.4, 0.5) is 5.69 Å². The van der Waals surface area contributed by atoms with Crippen molar-refractivity contribution in [2.24, 2.45) is 0 Å². The number of unbranched alkanes of at least 4 members (excludes halogenated alkanes) is 1. The number of amides is 1. The first-order valence-corrected chi connectivity index (χ1v) is 10.1. The fourth-order valence-corrected chi connectivity index (χ4v) is 3.64. The van der Waals surface area contributed by atoms with E-state index >= 15 is 0 Å². The summed E-state index contributed by atoms with van der Waals surface area (Å²) in [5.41, 5.74) is 2.41. The van der Waals surface area contributed by atoms with Crippen LogP contribution < -0.4 is 9.64 Å². The summed E-state index contributed by atoms with van der Waals surface area (Å²) in [7, 11) is 5.46. The Hall–Kier alpha value is -3.28. The number of anilines is 1. The number of hydrogen-bond acceptors (Lipinski definition) is 5. The topological polar surface area (TPSA) is 70.1 Å². The normalized spacial score (nSPS) is 18.0. The van der Waals surface area contributed by atoms with Crippen molar-refractivity contribution in [3.63, 3.8) is 0 Å². The molecule has 1 saturated heterocycles. The molecule has 0 aliphatic carbocycles. The predicted molar refractivity (Wildman–Crippen MR) is 118 cm³/mol. The third-order valence-corrected chi connectivity index (χ3v) is 5.38. The number of aliphatic hydroxyl groups excluding tert-OH is 1. The van der Waals surface area contributed by atoms with E-state index in [1.807, 2.05) is 50.2 Å². The molecule has 0 radical (unpaired) electrons. The molecule has 30 heavy (non-hydrogen) atoms. The molecule has 3 rings (SSSR count). The highest BCUT2D eigenvalue weighted by molar-refractivity contribution is 6.46. The molecule has 1 N–H and O–H groups in total. The highest BCUT2D eigenvalue weighted by Crippen LogP contribution is 2.40. The summed E-state index contributed by atoms with van der Waals surface area (Å²) in [6.45, 7) is 2.50. The van der Waals surface area contributed by atoms with Crippen LogP contribution in [0.5, 0.6) is 5.75 Å². The maximum Gasteiger partial charge on any atom is 0.295 e. The van der Waals surface area contributed by atoms with E-state index in [2.05, 4.69) is 0 Å². The number of rotatable bonds is 7. The summed E-state index contributed by atoms with van der Waals surface area (Å²) < 4.78 is 5.16. The van der Waals surface area contributed by atoms with Crippen molar-refractivity contribution >= 4 is 23.1 Å². The Morgan fingerprint density at radius 2 is 1.70 bits per heavy atom. The van der Waals surface area contributed by atoms with Gasteiger partial charge in [0.1, 0.15) is 11.5 Å². The zero-order valence-corrected chi connectivity index (χ0v) is 17.9. The van der Waals surface area contributed by atoms with Crippen molar-refractivity contribution in [3.8, 4) is 5.75 Å². The maximum absolute atomic E-state index is 12.9. The van der Waals surface area contributed by atoms with Crippen LogP contribution in [0, 0.1) is 0 Å². The number of aliphatic hydroxyl groups is 1. The largest absolute Gasteiger partial charge is 0.507 e. The van der Waals surface area contributed by atoms with Gasteiger partial charge in [-0.05, 0) is 48.4 Å². The van der Waals surface area contributed by atoms with Gasteiger partial charge in [0.2, 0.25) is 0 Å². The average Bonchev–Trinajstić information content (AvgIpc) is 3.02. The van der Waals surface area contributed by atoms with E-state index in [1.165, 1.54) is 0 Å². The van der Waals surface area contributed by atoms with Gasteiger partial charge in [0.05, 0.1) is 18.7 Å². The second-order valence-corrected chi connectivity index (χ2v) is 7.56. The number of ether oxygens (including phenoxy) is 1. The van der Waals surface area contributed by atoms with Gasteiger partial charge in [-0.3, -0.25) is 9.59 Å². The number of hydrogen-bond donors (Lipinski definition) is 1. The van der Waals surface area contributed by atoms with E-state index in [4.69, 9.17) is 4.74 Å². The van der Waals surface area contributed by atoms with Crippen molar-refractivity contribution in [3.05, 3.63) is 65.2 Å². The first-order chi connectivity index (χ1) is 14.4. The second-order valence-electron chi connectivity index (χ2n) is 7.56. The van der Waals surface area contributed by atoms with Gasteiger partial charge in [0, 0.05) is 31.9 Å². The molecule has 1 aliphatic rings. The Kier molecular flexibility index (Phi) is 6.45. The van der Waals surface area contributed by atoms with E-state index in [9.17, 15) is 14.7 Å². The number of Topliss-reactive ketones (excluding diaryl/α,β-unsaturated/α-hetero) is 1. The van der Waals surface area contributed by atoms with Crippen LogP contribution in [0.3, 0.4) is 0 Å². The molecule has 1 unspecified atom stereocenters. The molecule has 0 saturated carbocycles. The lowest BCUT2D eigenvalue weighted by Gasteiger charge is -2.25. The van der Waals surface area contributed by atoms with Crippen LogP contribution in [0.1, 0.15) is 36.9 Å². The standard InChI is InChI=1S/C24H28N2O4/c1-5-6-15-26-21(16-7-11-18(12-8-16)25(2)3)20(23(28)24(26)29)22(27)17-9-13-19(30-4)14-10-17/h7-14,21,27H,5-6,15H2,1-4H3/b22-20-. The first kappa shape index (κ1) is 21.4. The van der Waals surface area contributed by atoms with Crippen LogP contribution in [0.25, 0.3) is 5.76 Å². The van der Waals surface area contributed by atoms with Crippen molar-refractivity contribution in [1.29, 1.82) is 0 Å². The van der Waals surface area contributed by atoms with Gasteiger partial charge in [0.25, 0.3) is 11.7 Å². The van der Waals surface area contributed by atoms with E-state index < -0.39 is 17.7 Å². The fourth-order valence-electron chi connectivity index (χ4n) is 3.64. The second kappa shape index (κ2) is 9.03. The number of nitrogens with zero attached hydrogens (tertiary/aromatic N) is 2. The SMILES string of the molecule is CCCCN1C(=O)C(=O)/C(=C(\O)c2ccc(OC)cc2)C1c1ccc(N(C)C)cc1. The van der Waals surface area contributed by atoms with Crippen molar-refractivity contribution in [2.45, 2.75) is 25.8 Å². The molecule has 158 valence electrons. The number of ketones is 1. The molecule has 0 aromatic heterocycles. The molecule has 1 atom stereocenters. The molecule has 2 aromatic rings. The first-order valence-electron chi connectivity index (χ1n) is 10.1. The van der Waals surface area contributed by atoms with Gasteiger partial charge in [0.15, 0.2) is 0 Å². The number of benzene rings is 2. The number of carbonyl (C=O) groups excluding carboxylic acids is 2. The molecule has 1 aliphatic heterocycles. The molecule has 6 heteroatoms. The minimum Gasteiger partial charge on any atom is -0.507 e. The van der Waals surface area contributed by atoms with Crippen LogP contribution in [0.2, 0.25) is 0 Å². The molecular weight excluding hydrogens is 380 g/mol. The maximum atomic E-state index is 12.9. The molecule has 0 spiro atoms. The highest BCUT2D eigenvalue weighted by Gasteiger charge is 2.45. The molecule has 6 nitrogen and oxygen atoms in total. The van der Waals surface area contributed by atoms with Gasteiger partial charge >= 0.3 is 0 Å². The lowest BCUT2D eigenvalue weighted by molar-refractivity contribution is -0.139. The summed E-state index contributed by atoms with van der Waals surface area (Å²) in [6.07, 6.45) is 1.68. The van der Waals surface area contributed by atoms with Crippen LogP contribution in [-0.2, 0) is 9.59 Å². The van der Waals surface area contributed by atoms with Crippen LogP contribution in [0.15, 0.2) is 54.1 Å². The molecule has 2 aromatic carbocycles. The minimum atomic E-state index is -0.652. The lowest BCUT2D eigenvalue weighted by Crippen LogP contribution is -2.30. The molecule has 1 fully saturated rings. The summed E-state index contributed by atoms with van der Waals surface area (Å²) >= 11 is 0. The smallest absolute Gasteiger partial charge is 0.295 e. The van der Waals surface area contributed by atoms with Crippen molar-refractivity contribution in [2.75, 3.05) is 32.6 Å². The quantitative estimate of drug-likeness (QED) is 0.426. The van der Waals surface area contributed by atoms with Crippen molar-refractivity contribution in [1.82, 2.24) is 4.90 Å². The van der Waals surface area contributed by atoms with E-state index in [0.29, 0.717) is 17.9 Å². The van der Waals surface area contributed by atoms with E-state index in [1.54, 1.807) is 36.3 Å². The zero-order chi connectivity index (χ0) is 21.8. The minimum absolute atomic E-state index is 0.124. The van der Waals surface area contributed by atoms with Gasteiger partial charge in [-0.1, -0.05) is 25.5 Å². The number of likely N-dealkylation sites (tertiary alicyclic amines) is 1. The summed E-state index contributed by atoms with van der Waals surface area (Å²) in [6, 6.07) is 13.9.